The predicted molar refractivity (Wildman–Crippen MR) is 132 cm³/mol. The van der Waals surface area contributed by atoms with Gasteiger partial charge in [-0.15, -0.1) is 0 Å². The Morgan fingerprint density at radius 2 is 2.08 bits per heavy atom. The third kappa shape index (κ3) is 5.09. The number of carbonyl (C=O) groups is 2. The molecule has 3 aliphatic rings. The van der Waals surface area contributed by atoms with Crippen molar-refractivity contribution in [1.29, 1.82) is 0 Å². The maximum atomic E-state index is 13.1. The number of hydrogen-bond donors (Lipinski definition) is 2. The molecular formula is C26H33N5O5. The van der Waals surface area contributed by atoms with Crippen molar-refractivity contribution in [3.8, 4) is 11.5 Å². The van der Waals surface area contributed by atoms with Crippen LogP contribution in [0, 0.1) is 5.92 Å². The number of ether oxygens (including phenoxy) is 2. The maximum Gasteiger partial charge on any atom is 0.274 e. The topological polar surface area (TPSA) is 117 Å². The summed E-state index contributed by atoms with van der Waals surface area (Å²) >= 11 is 0. The number of H-pyrrole nitrogens is 1. The summed E-state index contributed by atoms with van der Waals surface area (Å²) in [4.78, 5) is 47.8. The van der Waals surface area contributed by atoms with Crippen LogP contribution < -0.4 is 20.3 Å². The van der Waals surface area contributed by atoms with E-state index in [-0.39, 0.29) is 35.7 Å². The van der Waals surface area contributed by atoms with Crippen LogP contribution in [0.15, 0.2) is 35.4 Å². The Kier molecular flexibility index (Phi) is 7.22. The van der Waals surface area contributed by atoms with E-state index >= 15 is 0 Å². The average molecular weight is 496 g/mol. The van der Waals surface area contributed by atoms with Crippen LogP contribution in [0.1, 0.15) is 54.2 Å². The van der Waals surface area contributed by atoms with Gasteiger partial charge in [0.15, 0.2) is 11.5 Å². The van der Waals surface area contributed by atoms with Crippen LogP contribution in [0.2, 0.25) is 0 Å². The summed E-state index contributed by atoms with van der Waals surface area (Å²) in [6.45, 7) is 2.41. The summed E-state index contributed by atoms with van der Waals surface area (Å²) in [5, 5.41) is 3.09. The SMILES string of the molecule is COc1ccc2cc1OCCCCN(C(=O)c1c[nH]c(=O)cn1)CC(=O)NC[C@H]1C[C@H]2N2CCC[C@@H]12. The smallest absolute Gasteiger partial charge is 0.274 e. The van der Waals surface area contributed by atoms with Crippen molar-refractivity contribution in [3.05, 3.63) is 52.2 Å². The molecule has 10 nitrogen and oxygen atoms in total. The highest BCUT2D eigenvalue weighted by Crippen LogP contribution is 2.46. The number of carbonyl (C=O) groups excluding carboxylic acids is 2. The fourth-order valence-electron chi connectivity index (χ4n) is 5.78. The molecule has 192 valence electrons. The zero-order chi connectivity index (χ0) is 25.1. The lowest BCUT2D eigenvalue weighted by atomic mass is 9.94. The van der Waals surface area contributed by atoms with E-state index < -0.39 is 0 Å². The second kappa shape index (κ2) is 10.7. The minimum Gasteiger partial charge on any atom is -0.493 e. The quantitative estimate of drug-likeness (QED) is 0.652. The fourth-order valence-corrected chi connectivity index (χ4v) is 5.78. The average Bonchev–Trinajstić information content (AvgIpc) is 3.49. The molecule has 0 radical (unpaired) electrons. The molecule has 3 atom stereocenters. The number of aromatic nitrogens is 2. The normalized spacial score (nSPS) is 25.1. The molecule has 2 fully saturated rings. The Hall–Kier alpha value is -3.40. The largest absolute Gasteiger partial charge is 0.493 e. The zero-order valence-electron chi connectivity index (χ0n) is 20.6. The summed E-state index contributed by atoms with van der Waals surface area (Å²) in [5.41, 5.74) is 0.948. The van der Waals surface area contributed by atoms with Crippen LogP contribution in [0.3, 0.4) is 0 Å². The Morgan fingerprint density at radius 3 is 2.89 bits per heavy atom. The van der Waals surface area contributed by atoms with E-state index in [4.69, 9.17) is 9.47 Å². The van der Waals surface area contributed by atoms with Crippen molar-refractivity contribution in [1.82, 2.24) is 25.1 Å². The lowest BCUT2D eigenvalue weighted by Gasteiger charge is -2.25. The van der Waals surface area contributed by atoms with Crippen molar-refractivity contribution < 1.29 is 19.1 Å². The van der Waals surface area contributed by atoms with Crippen LogP contribution in [0.25, 0.3) is 0 Å². The third-order valence-electron chi connectivity index (χ3n) is 7.54. The molecule has 0 aliphatic carbocycles. The van der Waals surface area contributed by atoms with E-state index in [9.17, 15) is 14.4 Å². The fraction of sp³-hybridized carbons (Fsp3) is 0.538. The monoisotopic (exact) mass is 495 g/mol. The van der Waals surface area contributed by atoms with Gasteiger partial charge in [-0.05, 0) is 62.3 Å². The van der Waals surface area contributed by atoms with Gasteiger partial charge in [-0.3, -0.25) is 19.3 Å². The minimum atomic E-state index is -0.388. The van der Waals surface area contributed by atoms with Gasteiger partial charge in [0.25, 0.3) is 11.5 Å². The van der Waals surface area contributed by atoms with Gasteiger partial charge in [-0.25, -0.2) is 4.98 Å². The Labute approximate surface area is 210 Å². The number of fused-ring (bicyclic) bond motifs is 8. The standard InChI is InChI=1S/C26H33N5O5/c1-35-22-7-6-17-12-23(22)36-10-3-2-8-30(26(34)19-14-29-24(32)15-27-19)16-25(33)28-13-18-11-21(17)31-9-4-5-20(18)31/h6-7,12,14-15,18,20-21H,2-5,8-11,13,16H2,1H3,(H,28,33)(H,29,32)/t18-,20+,21-/m1/s1. The molecular weight excluding hydrogens is 462 g/mol. The Balaban J connectivity index is 1.38. The number of aromatic amines is 1. The summed E-state index contributed by atoms with van der Waals surface area (Å²) in [6, 6.07) is 6.92. The van der Waals surface area contributed by atoms with Crippen molar-refractivity contribution in [3.63, 3.8) is 0 Å². The van der Waals surface area contributed by atoms with Crippen LogP contribution >= 0.6 is 0 Å². The van der Waals surface area contributed by atoms with Gasteiger partial charge < -0.3 is 24.7 Å². The number of methoxy groups -OCH3 is 1. The second-order valence-electron chi connectivity index (χ2n) is 9.75. The van der Waals surface area contributed by atoms with E-state index in [0.717, 1.165) is 37.8 Å². The zero-order valence-corrected chi connectivity index (χ0v) is 20.6. The van der Waals surface area contributed by atoms with Gasteiger partial charge in [0.1, 0.15) is 5.69 Å². The summed E-state index contributed by atoms with van der Waals surface area (Å²) < 4.78 is 11.7. The number of nitrogens with zero attached hydrogens (tertiary/aromatic N) is 3. The third-order valence-corrected chi connectivity index (χ3v) is 7.54. The van der Waals surface area contributed by atoms with Crippen LogP contribution in [0.5, 0.6) is 11.5 Å². The summed E-state index contributed by atoms with van der Waals surface area (Å²) in [6.07, 6.45) is 6.93. The molecule has 4 bridgehead atoms. The van der Waals surface area contributed by atoms with Crippen molar-refractivity contribution >= 4 is 11.8 Å². The van der Waals surface area contributed by atoms with Crippen molar-refractivity contribution in [2.24, 2.45) is 5.92 Å². The van der Waals surface area contributed by atoms with Gasteiger partial charge in [-0.2, -0.15) is 0 Å². The highest BCUT2D eigenvalue weighted by Gasteiger charge is 2.44. The van der Waals surface area contributed by atoms with E-state index in [1.54, 1.807) is 7.11 Å². The molecule has 5 rings (SSSR count). The first-order valence-corrected chi connectivity index (χ1v) is 12.7. The first-order valence-electron chi connectivity index (χ1n) is 12.7. The Bertz CT molecular complexity index is 1150. The van der Waals surface area contributed by atoms with E-state index in [1.165, 1.54) is 16.7 Å². The molecule has 4 heterocycles. The van der Waals surface area contributed by atoms with Gasteiger partial charge in [0.05, 0.1) is 26.5 Å². The number of amides is 2. The van der Waals surface area contributed by atoms with Crippen LogP contribution in [0.4, 0.5) is 0 Å². The molecule has 0 spiro atoms. The number of benzene rings is 1. The van der Waals surface area contributed by atoms with Gasteiger partial charge in [-0.1, -0.05) is 6.07 Å². The van der Waals surface area contributed by atoms with E-state index in [0.29, 0.717) is 50.2 Å². The molecule has 0 unspecified atom stereocenters. The molecule has 2 amide bonds. The number of nitrogens with one attached hydrogen (secondary N) is 2. The van der Waals surface area contributed by atoms with Gasteiger partial charge in [0.2, 0.25) is 5.91 Å². The van der Waals surface area contributed by atoms with E-state index in [2.05, 4.69) is 32.3 Å². The molecule has 2 N–H and O–H groups in total. The molecule has 1 aromatic carbocycles. The maximum absolute atomic E-state index is 13.1. The summed E-state index contributed by atoms with van der Waals surface area (Å²) in [7, 11) is 1.65. The highest BCUT2D eigenvalue weighted by molar-refractivity contribution is 5.94. The molecule has 1 aromatic heterocycles. The lowest BCUT2D eigenvalue weighted by Crippen LogP contribution is -2.43. The molecule has 36 heavy (non-hydrogen) atoms. The molecule has 0 saturated carbocycles. The molecule has 2 aromatic rings. The lowest BCUT2D eigenvalue weighted by molar-refractivity contribution is -0.122. The van der Waals surface area contributed by atoms with Crippen molar-refractivity contribution in [2.75, 3.05) is 39.9 Å². The molecule has 2 saturated heterocycles. The molecule has 3 aliphatic heterocycles. The Morgan fingerprint density at radius 1 is 1.19 bits per heavy atom. The first-order chi connectivity index (χ1) is 17.5. The second-order valence-corrected chi connectivity index (χ2v) is 9.75. The van der Waals surface area contributed by atoms with Crippen molar-refractivity contribution in [2.45, 2.75) is 44.2 Å². The number of rotatable bonds is 2. The van der Waals surface area contributed by atoms with Crippen LogP contribution in [-0.2, 0) is 4.79 Å². The van der Waals surface area contributed by atoms with E-state index in [1.807, 2.05) is 6.07 Å². The van der Waals surface area contributed by atoms with Gasteiger partial charge >= 0.3 is 0 Å². The first kappa shape index (κ1) is 24.3. The van der Waals surface area contributed by atoms with Gasteiger partial charge in [0, 0.05) is 31.4 Å². The van der Waals surface area contributed by atoms with Crippen LogP contribution in [-0.4, -0.2) is 77.5 Å². The minimum absolute atomic E-state index is 0.0576. The number of hydrogen-bond acceptors (Lipinski definition) is 7. The summed E-state index contributed by atoms with van der Waals surface area (Å²) in [5.74, 6) is 1.21. The predicted octanol–water partition coefficient (Wildman–Crippen LogP) is 1.74. The highest BCUT2D eigenvalue weighted by atomic mass is 16.5. The molecule has 10 heteroatoms.